The molecular weight excluding hydrogens is 390 g/mol. The summed E-state index contributed by atoms with van der Waals surface area (Å²) < 4.78 is 32.6. The molecule has 1 heterocycles. The molecule has 0 radical (unpaired) electrons. The van der Waals surface area contributed by atoms with Gasteiger partial charge in [0.25, 0.3) is 5.92 Å². The maximum atomic E-state index is 13.6. The van der Waals surface area contributed by atoms with Crippen LogP contribution in [-0.4, -0.2) is 34.4 Å². The molecule has 2 aromatic rings. The Labute approximate surface area is 174 Å². The number of carbonyl (C=O) groups excluding carboxylic acids is 1. The molecule has 1 amide bonds. The average Bonchev–Trinajstić information content (AvgIpc) is 3.30. The van der Waals surface area contributed by atoms with Gasteiger partial charge in [0.2, 0.25) is 0 Å². The van der Waals surface area contributed by atoms with Gasteiger partial charge in [0.05, 0.1) is 0 Å². The Balaban J connectivity index is 1.34. The molecule has 1 aromatic carbocycles. The molecule has 2 aliphatic rings. The van der Waals surface area contributed by atoms with Crippen LogP contribution in [-0.2, 0) is 17.6 Å². The van der Waals surface area contributed by atoms with Crippen molar-refractivity contribution in [3.8, 4) is 0 Å². The topological polar surface area (TPSA) is 79.0 Å². The minimum atomic E-state index is -2.60. The predicted octanol–water partition coefficient (Wildman–Crippen LogP) is 5.05. The second kappa shape index (κ2) is 8.24. The van der Waals surface area contributed by atoms with Crippen molar-refractivity contribution in [2.24, 2.45) is 0 Å². The maximum Gasteiger partial charge on any atom is 0.407 e. The fraction of sp³-hybridized carbons (Fsp3) is 0.545. The molecule has 0 unspecified atom stereocenters. The van der Waals surface area contributed by atoms with Crippen LogP contribution in [0.5, 0.6) is 0 Å². The normalized spacial score (nSPS) is 22.6. The van der Waals surface area contributed by atoms with Crippen LogP contribution in [0.4, 0.5) is 25.1 Å². The van der Waals surface area contributed by atoms with Crippen molar-refractivity contribution < 1.29 is 18.3 Å². The van der Waals surface area contributed by atoms with Gasteiger partial charge in [0.1, 0.15) is 6.10 Å². The molecule has 2 atom stereocenters. The third-order valence-electron chi connectivity index (χ3n) is 5.79. The van der Waals surface area contributed by atoms with E-state index in [1.165, 1.54) is 0 Å². The number of aromatic amines is 1. The zero-order chi connectivity index (χ0) is 21.3. The summed E-state index contributed by atoms with van der Waals surface area (Å²) in [5.41, 5.74) is 3.54. The van der Waals surface area contributed by atoms with Gasteiger partial charge in [-0.3, -0.25) is 5.10 Å². The van der Waals surface area contributed by atoms with Gasteiger partial charge in [-0.2, -0.15) is 5.10 Å². The van der Waals surface area contributed by atoms with E-state index in [-0.39, 0.29) is 37.0 Å². The van der Waals surface area contributed by atoms with Crippen LogP contribution in [0.2, 0.25) is 0 Å². The number of benzene rings is 1. The number of anilines is 2. The molecular formula is C22H28F2N4O2. The number of hydrogen-bond acceptors (Lipinski definition) is 4. The quantitative estimate of drug-likeness (QED) is 0.635. The van der Waals surface area contributed by atoms with E-state index in [1.54, 1.807) is 6.07 Å². The van der Waals surface area contributed by atoms with Crippen LogP contribution >= 0.6 is 0 Å². The lowest BCUT2D eigenvalue weighted by Crippen LogP contribution is -2.33. The Hall–Kier alpha value is -2.64. The van der Waals surface area contributed by atoms with Crippen LogP contribution in [0.1, 0.15) is 62.3 Å². The van der Waals surface area contributed by atoms with E-state index in [0.29, 0.717) is 12.2 Å². The largest absolute Gasteiger partial charge is 0.446 e. The minimum absolute atomic E-state index is 0.0519. The summed E-state index contributed by atoms with van der Waals surface area (Å²) in [4.78, 5) is 11.8. The molecule has 1 aromatic heterocycles. The molecule has 162 valence electrons. The van der Waals surface area contributed by atoms with E-state index in [9.17, 15) is 13.6 Å². The van der Waals surface area contributed by atoms with Crippen molar-refractivity contribution >= 4 is 17.6 Å². The Kier molecular flexibility index (Phi) is 5.66. The number of halogens is 2. The highest BCUT2D eigenvalue weighted by molar-refractivity contribution is 5.67. The van der Waals surface area contributed by atoms with Crippen molar-refractivity contribution in [2.45, 2.75) is 76.4 Å². The summed E-state index contributed by atoms with van der Waals surface area (Å²) in [5, 5.41) is 13.4. The van der Waals surface area contributed by atoms with E-state index in [0.717, 1.165) is 41.8 Å². The molecule has 1 fully saturated rings. The Bertz CT molecular complexity index is 912. The number of rotatable bonds is 5. The number of aryl methyl sites for hydroxylation is 1. The maximum absolute atomic E-state index is 13.6. The fourth-order valence-electron chi connectivity index (χ4n) is 4.30. The van der Waals surface area contributed by atoms with E-state index in [2.05, 4.69) is 20.8 Å². The number of alkyl halides is 2. The van der Waals surface area contributed by atoms with Gasteiger partial charge in [0.15, 0.2) is 5.82 Å². The second-order valence-corrected chi connectivity index (χ2v) is 8.69. The molecule has 0 bridgehead atoms. The number of ether oxygens (including phenoxy) is 1. The predicted molar refractivity (Wildman–Crippen MR) is 110 cm³/mol. The lowest BCUT2D eigenvalue weighted by molar-refractivity contribution is -0.0122. The first-order valence-electron chi connectivity index (χ1n) is 10.6. The Morgan fingerprint density at radius 2 is 2.10 bits per heavy atom. The highest BCUT2D eigenvalue weighted by Gasteiger charge is 2.34. The van der Waals surface area contributed by atoms with Crippen molar-refractivity contribution in [3.05, 3.63) is 41.1 Å². The first-order chi connectivity index (χ1) is 14.3. The van der Waals surface area contributed by atoms with Gasteiger partial charge in [-0.25, -0.2) is 13.6 Å². The summed E-state index contributed by atoms with van der Waals surface area (Å²) in [6.07, 6.45) is 2.16. The summed E-state index contributed by atoms with van der Waals surface area (Å²) in [6, 6.07) is 7.55. The number of nitrogens with zero attached hydrogens (tertiary/aromatic N) is 1. The molecule has 4 rings (SSSR count). The van der Waals surface area contributed by atoms with E-state index < -0.39 is 5.92 Å². The number of carbonyl (C=O) groups is 1. The summed E-state index contributed by atoms with van der Waals surface area (Å²) >= 11 is 0. The molecule has 3 N–H and O–H groups in total. The Morgan fingerprint density at radius 3 is 2.90 bits per heavy atom. The number of fused-ring (bicyclic) bond motifs is 1. The standard InChI is InChI=1S/C22H28F2N4O2/c1-13(2)25-21(29)30-18-6-4-15(10-18)19-11-20(28-27-19)26-17-5-3-16-12-22(23,24)8-7-14(16)9-17/h3,5,9,11,13,15,18H,4,6-8,10,12H2,1-2H3,(H,25,29)(H2,26,27,28)/t15-,18+/m0/s1. The minimum Gasteiger partial charge on any atom is -0.446 e. The average molecular weight is 418 g/mol. The third kappa shape index (κ3) is 4.91. The van der Waals surface area contributed by atoms with Gasteiger partial charge >= 0.3 is 6.09 Å². The van der Waals surface area contributed by atoms with Crippen LogP contribution in [0, 0.1) is 0 Å². The Morgan fingerprint density at radius 1 is 1.27 bits per heavy atom. The van der Waals surface area contributed by atoms with Gasteiger partial charge < -0.3 is 15.4 Å². The van der Waals surface area contributed by atoms with Crippen molar-refractivity contribution in [3.63, 3.8) is 0 Å². The summed E-state index contributed by atoms with van der Waals surface area (Å²) in [6.45, 7) is 3.80. The monoisotopic (exact) mass is 418 g/mol. The van der Waals surface area contributed by atoms with Crippen molar-refractivity contribution in [1.82, 2.24) is 15.5 Å². The van der Waals surface area contributed by atoms with Crippen LogP contribution in [0.3, 0.4) is 0 Å². The van der Waals surface area contributed by atoms with Crippen LogP contribution in [0.15, 0.2) is 24.3 Å². The van der Waals surface area contributed by atoms with Gasteiger partial charge in [-0.1, -0.05) is 6.07 Å². The van der Waals surface area contributed by atoms with Gasteiger partial charge in [-0.05, 0) is 62.8 Å². The summed E-state index contributed by atoms with van der Waals surface area (Å²) in [7, 11) is 0. The van der Waals surface area contributed by atoms with Crippen LogP contribution < -0.4 is 10.6 Å². The number of aromatic nitrogens is 2. The van der Waals surface area contributed by atoms with Crippen molar-refractivity contribution in [1.29, 1.82) is 0 Å². The lowest BCUT2D eigenvalue weighted by Gasteiger charge is -2.24. The van der Waals surface area contributed by atoms with E-state index in [1.807, 2.05) is 32.0 Å². The number of nitrogens with one attached hydrogen (secondary N) is 3. The molecule has 0 spiro atoms. The van der Waals surface area contributed by atoms with E-state index in [4.69, 9.17) is 4.74 Å². The first kappa shape index (κ1) is 20.6. The van der Waals surface area contributed by atoms with Crippen molar-refractivity contribution in [2.75, 3.05) is 5.32 Å². The highest BCUT2D eigenvalue weighted by Crippen LogP contribution is 2.37. The zero-order valence-corrected chi connectivity index (χ0v) is 17.3. The number of hydrogen-bond donors (Lipinski definition) is 3. The molecule has 2 aliphatic carbocycles. The number of H-pyrrole nitrogens is 1. The molecule has 6 nitrogen and oxygen atoms in total. The smallest absolute Gasteiger partial charge is 0.407 e. The lowest BCUT2D eigenvalue weighted by atomic mass is 9.89. The molecule has 0 saturated heterocycles. The number of alkyl carbamates (subject to hydrolysis) is 1. The van der Waals surface area contributed by atoms with Gasteiger partial charge in [0, 0.05) is 42.2 Å². The fourth-order valence-corrected chi connectivity index (χ4v) is 4.30. The SMILES string of the molecule is CC(C)NC(=O)O[C@@H]1CC[C@H](c2cc(Nc3ccc4c(c3)CCC(F)(F)C4)n[nH]2)C1. The molecule has 8 heteroatoms. The van der Waals surface area contributed by atoms with Crippen LogP contribution in [0.25, 0.3) is 0 Å². The third-order valence-corrected chi connectivity index (χ3v) is 5.79. The number of amides is 1. The van der Waals surface area contributed by atoms with E-state index >= 15 is 0 Å². The highest BCUT2D eigenvalue weighted by atomic mass is 19.3. The molecule has 1 saturated carbocycles. The zero-order valence-electron chi connectivity index (χ0n) is 17.3. The molecule has 30 heavy (non-hydrogen) atoms. The van der Waals surface area contributed by atoms with Gasteiger partial charge in [-0.15, -0.1) is 0 Å². The summed E-state index contributed by atoms with van der Waals surface area (Å²) in [5.74, 6) is -1.65. The second-order valence-electron chi connectivity index (χ2n) is 8.69. The molecule has 0 aliphatic heterocycles. The first-order valence-corrected chi connectivity index (χ1v) is 10.6.